The Balaban J connectivity index is 1.97. The summed E-state index contributed by atoms with van der Waals surface area (Å²) in [5.74, 6) is 2.43. The minimum absolute atomic E-state index is 0.259. The van der Waals surface area contributed by atoms with Crippen LogP contribution in [-0.4, -0.2) is 46.4 Å². The molecule has 0 saturated heterocycles. The summed E-state index contributed by atoms with van der Waals surface area (Å²) in [7, 11) is 1.58. The molecule has 0 amide bonds. The minimum Gasteiger partial charge on any atom is -0.496 e. The summed E-state index contributed by atoms with van der Waals surface area (Å²) in [6, 6.07) is 9.19. The standard InChI is InChI=1S/C19H16N8O2/c1-10-20-19(24-23-10)26-9-8-13-15(17(26)28)16(12-6-4-5-7-14(12)29-3)27-18(22-13)21-11(2)25-27/h4-9H,1-3H3,(H,20,23,24). The maximum absolute atomic E-state index is 13.5. The van der Waals surface area contributed by atoms with Gasteiger partial charge in [0.05, 0.1) is 23.7 Å². The van der Waals surface area contributed by atoms with E-state index in [9.17, 15) is 4.79 Å². The molecular weight excluding hydrogens is 372 g/mol. The molecule has 0 bridgehead atoms. The first-order valence-electron chi connectivity index (χ1n) is 8.88. The molecule has 0 radical (unpaired) electrons. The van der Waals surface area contributed by atoms with Gasteiger partial charge in [-0.15, -0.1) is 10.2 Å². The number of rotatable bonds is 3. The summed E-state index contributed by atoms with van der Waals surface area (Å²) < 4.78 is 8.49. The summed E-state index contributed by atoms with van der Waals surface area (Å²) in [6.07, 6.45) is 1.60. The number of H-pyrrole nitrogens is 1. The summed E-state index contributed by atoms with van der Waals surface area (Å²) in [6.45, 7) is 3.55. The van der Waals surface area contributed by atoms with Gasteiger partial charge in [0.1, 0.15) is 17.4 Å². The fourth-order valence-electron chi connectivity index (χ4n) is 3.37. The van der Waals surface area contributed by atoms with Gasteiger partial charge < -0.3 is 4.74 Å². The smallest absolute Gasteiger partial charge is 0.269 e. The zero-order valence-corrected chi connectivity index (χ0v) is 15.9. The molecule has 4 heterocycles. The van der Waals surface area contributed by atoms with Gasteiger partial charge in [0, 0.05) is 11.8 Å². The molecule has 5 aromatic rings. The predicted octanol–water partition coefficient (Wildman–Crippen LogP) is 1.84. The Morgan fingerprint density at radius 2 is 1.90 bits per heavy atom. The third kappa shape index (κ3) is 2.57. The molecule has 0 saturated carbocycles. The van der Waals surface area contributed by atoms with Crippen molar-refractivity contribution in [2.24, 2.45) is 0 Å². The lowest BCUT2D eigenvalue weighted by molar-refractivity contribution is 0.416. The number of ether oxygens (including phenoxy) is 1. The van der Waals surface area contributed by atoms with E-state index in [2.05, 4.69) is 30.2 Å². The normalized spacial score (nSPS) is 11.4. The van der Waals surface area contributed by atoms with Crippen LogP contribution in [0.3, 0.4) is 0 Å². The summed E-state index contributed by atoms with van der Waals surface area (Å²) in [4.78, 5) is 26.7. The van der Waals surface area contributed by atoms with Gasteiger partial charge in [0.15, 0.2) is 0 Å². The number of fused-ring (bicyclic) bond motifs is 2. The highest BCUT2D eigenvalue weighted by Gasteiger charge is 2.21. The minimum atomic E-state index is -0.315. The monoisotopic (exact) mass is 388 g/mol. The molecule has 29 heavy (non-hydrogen) atoms. The number of nitrogens with zero attached hydrogens (tertiary/aromatic N) is 7. The third-order valence-electron chi connectivity index (χ3n) is 4.60. The largest absolute Gasteiger partial charge is 0.496 e. The van der Waals surface area contributed by atoms with Crippen molar-refractivity contribution in [1.82, 2.24) is 39.3 Å². The molecule has 4 aromatic heterocycles. The number of aromatic nitrogens is 8. The molecule has 0 fully saturated rings. The zero-order valence-electron chi connectivity index (χ0n) is 15.9. The Morgan fingerprint density at radius 1 is 1.07 bits per heavy atom. The van der Waals surface area contributed by atoms with Crippen molar-refractivity contribution in [2.45, 2.75) is 13.8 Å². The molecular formula is C19H16N8O2. The number of aryl methyl sites for hydroxylation is 2. The lowest BCUT2D eigenvalue weighted by atomic mass is 10.1. The van der Waals surface area contributed by atoms with Crippen molar-refractivity contribution in [3.63, 3.8) is 0 Å². The van der Waals surface area contributed by atoms with Gasteiger partial charge in [-0.2, -0.15) is 14.5 Å². The molecule has 0 spiro atoms. The Bertz CT molecular complexity index is 1450. The summed E-state index contributed by atoms with van der Waals surface area (Å²) >= 11 is 0. The second kappa shape index (κ2) is 6.23. The van der Waals surface area contributed by atoms with Crippen molar-refractivity contribution in [2.75, 3.05) is 7.11 Å². The average molecular weight is 388 g/mol. The van der Waals surface area contributed by atoms with E-state index in [1.165, 1.54) is 4.57 Å². The molecule has 0 atom stereocenters. The van der Waals surface area contributed by atoms with Crippen LogP contribution in [0.1, 0.15) is 11.6 Å². The van der Waals surface area contributed by atoms with Gasteiger partial charge in [-0.1, -0.05) is 12.1 Å². The van der Waals surface area contributed by atoms with Crippen LogP contribution in [-0.2, 0) is 0 Å². The average Bonchev–Trinajstić information content (AvgIpc) is 3.31. The lowest BCUT2D eigenvalue weighted by Crippen LogP contribution is -2.21. The van der Waals surface area contributed by atoms with Gasteiger partial charge in [-0.3, -0.25) is 9.89 Å². The Morgan fingerprint density at radius 3 is 2.66 bits per heavy atom. The highest BCUT2D eigenvalue weighted by atomic mass is 16.5. The molecule has 1 N–H and O–H groups in total. The lowest BCUT2D eigenvalue weighted by Gasteiger charge is -2.12. The van der Waals surface area contributed by atoms with E-state index in [0.717, 1.165) is 0 Å². The molecule has 1 aromatic carbocycles. The first-order valence-corrected chi connectivity index (χ1v) is 8.88. The third-order valence-corrected chi connectivity index (χ3v) is 4.60. The maximum atomic E-state index is 13.5. The molecule has 0 unspecified atom stereocenters. The van der Waals surface area contributed by atoms with Crippen LogP contribution in [0.2, 0.25) is 0 Å². The second-order valence-corrected chi connectivity index (χ2v) is 6.50. The number of hydrogen-bond acceptors (Lipinski definition) is 7. The topological polar surface area (TPSA) is 116 Å². The first kappa shape index (κ1) is 17.0. The van der Waals surface area contributed by atoms with Crippen molar-refractivity contribution in [3.8, 4) is 23.0 Å². The summed E-state index contributed by atoms with van der Waals surface area (Å²) in [5, 5.41) is 11.7. The number of hydrogen-bond donors (Lipinski definition) is 1. The van der Waals surface area contributed by atoms with E-state index < -0.39 is 0 Å². The van der Waals surface area contributed by atoms with Crippen LogP contribution in [0, 0.1) is 13.8 Å². The van der Waals surface area contributed by atoms with Crippen molar-refractivity contribution < 1.29 is 4.74 Å². The number of nitrogens with one attached hydrogen (secondary N) is 1. The number of pyridine rings is 1. The van der Waals surface area contributed by atoms with Crippen molar-refractivity contribution in [3.05, 3.63) is 58.5 Å². The number of para-hydroxylation sites is 1. The van der Waals surface area contributed by atoms with Crippen LogP contribution in [0.5, 0.6) is 5.75 Å². The van der Waals surface area contributed by atoms with Gasteiger partial charge in [-0.05, 0) is 32.0 Å². The Hall–Kier alpha value is -4.08. The SMILES string of the molecule is COc1ccccc1-c1c2c(=O)n(-c3n[nH]c(C)n3)ccc2nc2nc(C)nn12. The highest BCUT2D eigenvalue weighted by molar-refractivity contribution is 5.94. The fraction of sp³-hybridized carbons (Fsp3) is 0.158. The van der Waals surface area contributed by atoms with E-state index in [-0.39, 0.29) is 11.5 Å². The predicted molar refractivity (Wildman–Crippen MR) is 105 cm³/mol. The molecule has 10 heteroatoms. The molecule has 0 aliphatic carbocycles. The van der Waals surface area contributed by atoms with E-state index >= 15 is 0 Å². The van der Waals surface area contributed by atoms with Crippen LogP contribution >= 0.6 is 0 Å². The van der Waals surface area contributed by atoms with Gasteiger partial charge in [-0.25, -0.2) is 9.55 Å². The van der Waals surface area contributed by atoms with E-state index in [1.807, 2.05) is 24.3 Å². The van der Waals surface area contributed by atoms with E-state index in [4.69, 9.17) is 4.74 Å². The van der Waals surface area contributed by atoms with Crippen LogP contribution in [0.25, 0.3) is 33.9 Å². The second-order valence-electron chi connectivity index (χ2n) is 6.50. The fourth-order valence-corrected chi connectivity index (χ4v) is 3.37. The number of aromatic amines is 1. The highest BCUT2D eigenvalue weighted by Crippen LogP contribution is 2.33. The quantitative estimate of drug-likeness (QED) is 0.501. The molecule has 5 rings (SSSR count). The zero-order chi connectivity index (χ0) is 20.1. The molecule has 10 nitrogen and oxygen atoms in total. The number of methoxy groups -OCH3 is 1. The Labute approximate surface area is 163 Å². The number of benzene rings is 1. The van der Waals surface area contributed by atoms with Crippen LogP contribution < -0.4 is 10.3 Å². The van der Waals surface area contributed by atoms with Crippen molar-refractivity contribution >= 4 is 16.7 Å². The molecule has 144 valence electrons. The van der Waals surface area contributed by atoms with E-state index in [1.54, 1.807) is 37.7 Å². The van der Waals surface area contributed by atoms with E-state index in [0.29, 0.717) is 45.3 Å². The van der Waals surface area contributed by atoms with Crippen LogP contribution in [0.15, 0.2) is 41.3 Å². The first-order chi connectivity index (χ1) is 14.1. The van der Waals surface area contributed by atoms with Crippen molar-refractivity contribution in [1.29, 1.82) is 0 Å². The maximum Gasteiger partial charge on any atom is 0.269 e. The van der Waals surface area contributed by atoms with Crippen LogP contribution in [0.4, 0.5) is 0 Å². The Kier molecular flexibility index (Phi) is 3.66. The molecule has 0 aliphatic heterocycles. The van der Waals surface area contributed by atoms with Gasteiger partial charge in [0.25, 0.3) is 17.3 Å². The van der Waals surface area contributed by atoms with Gasteiger partial charge in [0.2, 0.25) is 0 Å². The van der Waals surface area contributed by atoms with Gasteiger partial charge >= 0.3 is 0 Å². The summed E-state index contributed by atoms with van der Waals surface area (Å²) in [5.41, 5.74) is 1.44. The molecule has 0 aliphatic rings.